The molecule has 2 saturated heterocycles. The Kier molecular flexibility index (Phi) is 5.11. The number of carbonyl (C=O) groups is 3. The summed E-state index contributed by atoms with van der Waals surface area (Å²) in [5, 5.41) is 0. The van der Waals surface area contributed by atoms with E-state index in [1.807, 2.05) is 19.2 Å². The van der Waals surface area contributed by atoms with Crippen LogP contribution in [0.4, 0.5) is 10.5 Å². The number of pyridine rings is 1. The van der Waals surface area contributed by atoms with Crippen molar-refractivity contribution in [3.63, 3.8) is 0 Å². The molecule has 2 aliphatic heterocycles. The minimum Gasteiger partial charge on any atom is -0.369 e. The predicted molar refractivity (Wildman–Crippen MR) is 96.7 cm³/mol. The second kappa shape index (κ2) is 7.31. The molecule has 2 aliphatic rings. The summed E-state index contributed by atoms with van der Waals surface area (Å²) in [7, 11) is 3.02. The summed E-state index contributed by atoms with van der Waals surface area (Å²) in [6, 6.07) is 0.949. The third-order valence-corrected chi connectivity index (χ3v) is 5.22. The van der Waals surface area contributed by atoms with Crippen LogP contribution < -0.4 is 4.90 Å². The van der Waals surface area contributed by atoms with Crippen LogP contribution in [0.1, 0.15) is 18.4 Å². The molecular formula is C18H25N5O3. The van der Waals surface area contributed by atoms with Gasteiger partial charge in [-0.05, 0) is 25.0 Å². The zero-order valence-electron chi connectivity index (χ0n) is 15.5. The smallest absolute Gasteiger partial charge is 0.326 e. The lowest BCUT2D eigenvalue weighted by Crippen LogP contribution is -2.41. The Morgan fingerprint density at radius 1 is 1.19 bits per heavy atom. The molecule has 0 bridgehead atoms. The molecule has 0 aliphatic carbocycles. The van der Waals surface area contributed by atoms with Crippen LogP contribution in [0.3, 0.4) is 0 Å². The molecular weight excluding hydrogens is 334 g/mol. The minimum atomic E-state index is -0.693. The van der Waals surface area contributed by atoms with Crippen molar-refractivity contribution in [2.24, 2.45) is 0 Å². The highest BCUT2D eigenvalue weighted by Crippen LogP contribution is 2.21. The van der Waals surface area contributed by atoms with E-state index in [0.717, 1.165) is 35.7 Å². The number of nitrogens with zero attached hydrogens (tertiary/aromatic N) is 5. The van der Waals surface area contributed by atoms with Gasteiger partial charge in [0, 0.05) is 58.4 Å². The van der Waals surface area contributed by atoms with E-state index in [1.54, 1.807) is 18.1 Å². The minimum absolute atomic E-state index is 0.0414. The van der Waals surface area contributed by atoms with E-state index in [2.05, 4.69) is 9.88 Å². The van der Waals surface area contributed by atoms with Crippen LogP contribution in [0.15, 0.2) is 18.5 Å². The first-order valence-corrected chi connectivity index (χ1v) is 8.88. The zero-order valence-corrected chi connectivity index (χ0v) is 15.5. The number of rotatable bonds is 3. The van der Waals surface area contributed by atoms with Crippen molar-refractivity contribution in [2.45, 2.75) is 25.8 Å². The molecule has 0 N–H and O–H groups in total. The van der Waals surface area contributed by atoms with Crippen molar-refractivity contribution < 1.29 is 14.4 Å². The number of urea groups is 1. The molecule has 2 fully saturated rings. The zero-order chi connectivity index (χ0) is 18.8. The molecule has 0 unspecified atom stereocenters. The second-order valence-electron chi connectivity index (χ2n) is 6.89. The number of carbonyl (C=O) groups excluding carboxylic acids is 3. The Morgan fingerprint density at radius 3 is 2.62 bits per heavy atom. The van der Waals surface area contributed by atoms with Gasteiger partial charge in [-0.3, -0.25) is 19.5 Å². The Bertz CT molecular complexity index is 723. The van der Waals surface area contributed by atoms with E-state index >= 15 is 0 Å². The monoisotopic (exact) mass is 359 g/mol. The maximum Gasteiger partial charge on any atom is 0.326 e. The fourth-order valence-electron chi connectivity index (χ4n) is 3.60. The number of aromatic nitrogens is 1. The van der Waals surface area contributed by atoms with Crippen LogP contribution >= 0.6 is 0 Å². The fourth-order valence-corrected chi connectivity index (χ4v) is 3.60. The van der Waals surface area contributed by atoms with Crippen molar-refractivity contribution in [3.05, 3.63) is 24.0 Å². The number of aryl methyl sites for hydroxylation is 1. The highest BCUT2D eigenvalue weighted by atomic mass is 16.2. The van der Waals surface area contributed by atoms with Gasteiger partial charge < -0.3 is 14.7 Å². The molecule has 1 aromatic rings. The molecule has 4 amide bonds. The number of likely N-dealkylation sites (N-methyl/N-ethyl adjacent to an activating group) is 2. The molecule has 3 heterocycles. The third-order valence-electron chi connectivity index (χ3n) is 5.22. The number of anilines is 1. The SMILES string of the molecule is Cc1cnccc1N1CCCN(C(=O)C[C@H]2C(=O)N(C)C(=O)N2C)CC1. The van der Waals surface area contributed by atoms with Crippen LogP contribution in [-0.2, 0) is 9.59 Å². The van der Waals surface area contributed by atoms with Crippen LogP contribution in [0, 0.1) is 6.92 Å². The molecule has 0 radical (unpaired) electrons. The van der Waals surface area contributed by atoms with Gasteiger partial charge in [-0.25, -0.2) is 4.79 Å². The molecule has 3 rings (SSSR count). The number of amides is 4. The first kappa shape index (κ1) is 18.2. The maximum atomic E-state index is 12.7. The molecule has 8 heteroatoms. The van der Waals surface area contributed by atoms with Gasteiger partial charge in [-0.15, -0.1) is 0 Å². The Labute approximate surface area is 153 Å². The summed E-state index contributed by atoms with van der Waals surface area (Å²) in [5.74, 6) is -0.388. The van der Waals surface area contributed by atoms with Crippen LogP contribution in [0.5, 0.6) is 0 Å². The van der Waals surface area contributed by atoms with Gasteiger partial charge in [-0.1, -0.05) is 0 Å². The van der Waals surface area contributed by atoms with Gasteiger partial charge >= 0.3 is 6.03 Å². The maximum absolute atomic E-state index is 12.7. The molecule has 1 aromatic heterocycles. The Morgan fingerprint density at radius 2 is 1.96 bits per heavy atom. The molecule has 140 valence electrons. The van der Waals surface area contributed by atoms with Crippen molar-refractivity contribution >= 4 is 23.5 Å². The number of hydrogen-bond donors (Lipinski definition) is 0. The van der Waals surface area contributed by atoms with Gasteiger partial charge in [0.1, 0.15) is 6.04 Å². The molecule has 0 aromatic carbocycles. The van der Waals surface area contributed by atoms with Crippen LogP contribution in [0.2, 0.25) is 0 Å². The lowest BCUT2D eigenvalue weighted by Gasteiger charge is -2.25. The van der Waals surface area contributed by atoms with Crippen molar-refractivity contribution in [2.75, 3.05) is 45.2 Å². The molecule has 8 nitrogen and oxygen atoms in total. The van der Waals surface area contributed by atoms with E-state index < -0.39 is 6.04 Å². The molecule has 0 spiro atoms. The first-order valence-electron chi connectivity index (χ1n) is 8.88. The lowest BCUT2D eigenvalue weighted by molar-refractivity contribution is -0.136. The van der Waals surface area contributed by atoms with E-state index in [9.17, 15) is 14.4 Å². The summed E-state index contributed by atoms with van der Waals surface area (Å²) >= 11 is 0. The largest absolute Gasteiger partial charge is 0.369 e. The molecule has 0 saturated carbocycles. The van der Waals surface area contributed by atoms with Crippen molar-refractivity contribution in [1.82, 2.24) is 19.7 Å². The van der Waals surface area contributed by atoms with E-state index in [-0.39, 0.29) is 24.3 Å². The highest BCUT2D eigenvalue weighted by Gasteiger charge is 2.42. The second-order valence-corrected chi connectivity index (χ2v) is 6.89. The van der Waals surface area contributed by atoms with Gasteiger partial charge in [0.2, 0.25) is 5.91 Å². The van der Waals surface area contributed by atoms with Gasteiger partial charge in [0.25, 0.3) is 5.91 Å². The normalized spacial score (nSPS) is 21.4. The van der Waals surface area contributed by atoms with Crippen molar-refractivity contribution in [1.29, 1.82) is 0 Å². The predicted octanol–water partition coefficient (Wildman–Crippen LogP) is 0.711. The van der Waals surface area contributed by atoms with Gasteiger partial charge in [-0.2, -0.15) is 0 Å². The first-order chi connectivity index (χ1) is 12.4. The quantitative estimate of drug-likeness (QED) is 0.743. The van der Waals surface area contributed by atoms with Gasteiger partial charge in [0.05, 0.1) is 6.42 Å². The number of hydrogen-bond acceptors (Lipinski definition) is 5. The Hall–Kier alpha value is -2.64. The van der Waals surface area contributed by atoms with E-state index in [1.165, 1.54) is 11.9 Å². The fraction of sp³-hybridized carbons (Fsp3) is 0.556. The third kappa shape index (κ3) is 3.36. The van der Waals surface area contributed by atoms with Crippen molar-refractivity contribution in [3.8, 4) is 0 Å². The molecule has 1 atom stereocenters. The lowest BCUT2D eigenvalue weighted by atomic mass is 10.1. The average molecular weight is 359 g/mol. The average Bonchev–Trinajstić information content (AvgIpc) is 2.84. The summed E-state index contributed by atoms with van der Waals surface area (Å²) in [6.45, 7) is 4.91. The molecule has 26 heavy (non-hydrogen) atoms. The van der Waals surface area contributed by atoms with Gasteiger partial charge in [0.15, 0.2) is 0 Å². The standard InChI is InChI=1S/C18H25N5O3/c1-13-12-19-6-5-14(13)22-7-4-8-23(10-9-22)16(24)11-15-17(25)21(3)18(26)20(15)2/h5-6,12,15H,4,7-11H2,1-3H3/t15-/m0/s1. The van der Waals surface area contributed by atoms with E-state index in [4.69, 9.17) is 0 Å². The summed E-state index contributed by atoms with van der Waals surface area (Å²) in [6.07, 6.45) is 4.53. The van der Waals surface area contributed by atoms with Crippen LogP contribution in [-0.4, -0.2) is 83.8 Å². The Balaban J connectivity index is 1.62. The summed E-state index contributed by atoms with van der Waals surface area (Å²) < 4.78 is 0. The highest BCUT2D eigenvalue weighted by molar-refractivity contribution is 6.05. The topological polar surface area (TPSA) is 77.1 Å². The van der Waals surface area contributed by atoms with E-state index in [0.29, 0.717) is 13.1 Å². The number of imide groups is 1. The van der Waals surface area contributed by atoms with Crippen LogP contribution in [0.25, 0.3) is 0 Å². The summed E-state index contributed by atoms with van der Waals surface area (Å²) in [4.78, 5) is 47.4. The summed E-state index contributed by atoms with van der Waals surface area (Å²) in [5.41, 5.74) is 2.26.